The van der Waals surface area contributed by atoms with Crippen molar-refractivity contribution in [3.63, 3.8) is 0 Å². The van der Waals surface area contributed by atoms with E-state index < -0.39 is 17.6 Å². The van der Waals surface area contributed by atoms with Crippen molar-refractivity contribution in [2.24, 2.45) is 0 Å². The summed E-state index contributed by atoms with van der Waals surface area (Å²) in [6.45, 7) is 2.69. The van der Waals surface area contributed by atoms with E-state index in [9.17, 15) is 18.0 Å². The van der Waals surface area contributed by atoms with Gasteiger partial charge in [-0.3, -0.25) is 4.79 Å². The molecular formula is C19H23F3N4OS. The quantitative estimate of drug-likeness (QED) is 0.671. The van der Waals surface area contributed by atoms with Crippen LogP contribution in [0, 0.1) is 0 Å². The lowest BCUT2D eigenvalue weighted by molar-refractivity contribution is -0.137. The molecule has 0 aliphatic heterocycles. The molecule has 0 spiro atoms. The van der Waals surface area contributed by atoms with Crippen molar-refractivity contribution in [2.75, 3.05) is 11.1 Å². The first-order chi connectivity index (χ1) is 13.4. The smallest absolute Gasteiger partial charge is 0.325 e. The van der Waals surface area contributed by atoms with Gasteiger partial charge in [-0.25, -0.2) is 0 Å². The van der Waals surface area contributed by atoms with Gasteiger partial charge in [-0.15, -0.1) is 10.2 Å². The number of halogens is 3. The number of hydrogen-bond donors (Lipinski definition) is 1. The molecule has 1 aromatic carbocycles. The van der Waals surface area contributed by atoms with E-state index in [1.54, 1.807) is 0 Å². The number of carbonyl (C=O) groups excluding carboxylic acids is 1. The molecule has 1 aliphatic rings. The highest BCUT2D eigenvalue weighted by Crippen LogP contribution is 2.35. The fourth-order valence-electron chi connectivity index (χ4n) is 3.52. The van der Waals surface area contributed by atoms with E-state index in [0.717, 1.165) is 24.7 Å². The Morgan fingerprint density at radius 3 is 2.61 bits per heavy atom. The van der Waals surface area contributed by atoms with Gasteiger partial charge in [0.1, 0.15) is 5.82 Å². The summed E-state index contributed by atoms with van der Waals surface area (Å²) in [7, 11) is 0. The predicted octanol–water partition coefficient (Wildman–Crippen LogP) is 5.10. The number of benzene rings is 1. The van der Waals surface area contributed by atoms with Crippen LogP contribution in [0.3, 0.4) is 0 Å². The molecule has 5 nitrogen and oxygen atoms in total. The first-order valence-electron chi connectivity index (χ1n) is 9.42. The summed E-state index contributed by atoms with van der Waals surface area (Å²) < 4.78 is 41.2. The fourth-order valence-corrected chi connectivity index (χ4v) is 4.33. The highest BCUT2D eigenvalue weighted by atomic mass is 32.2. The van der Waals surface area contributed by atoms with Gasteiger partial charge >= 0.3 is 6.18 Å². The maximum absolute atomic E-state index is 13.0. The summed E-state index contributed by atoms with van der Waals surface area (Å²) in [6.07, 6.45) is 1.29. The Morgan fingerprint density at radius 2 is 1.93 bits per heavy atom. The molecule has 1 saturated carbocycles. The SMILES string of the molecule is CCn1c(SCC(=O)Nc2ccccc2C(F)(F)F)nnc1C1CCCCC1. The summed E-state index contributed by atoms with van der Waals surface area (Å²) in [6, 6.07) is 4.96. The molecule has 1 N–H and O–H groups in total. The van der Waals surface area contributed by atoms with Crippen molar-refractivity contribution in [2.45, 2.75) is 62.8 Å². The second-order valence-electron chi connectivity index (χ2n) is 6.80. The largest absolute Gasteiger partial charge is 0.418 e. The predicted molar refractivity (Wildman–Crippen MR) is 102 cm³/mol. The molecule has 3 rings (SSSR count). The van der Waals surface area contributed by atoms with Gasteiger partial charge in [-0.2, -0.15) is 13.2 Å². The van der Waals surface area contributed by atoms with Crippen LogP contribution in [0.15, 0.2) is 29.4 Å². The van der Waals surface area contributed by atoms with Crippen LogP contribution in [0.5, 0.6) is 0 Å². The van der Waals surface area contributed by atoms with Gasteiger partial charge in [-0.05, 0) is 31.9 Å². The normalized spacial score (nSPS) is 15.6. The first-order valence-corrected chi connectivity index (χ1v) is 10.4. The van der Waals surface area contributed by atoms with E-state index in [-0.39, 0.29) is 11.4 Å². The lowest BCUT2D eigenvalue weighted by Gasteiger charge is -2.21. The standard InChI is InChI=1S/C19H23F3N4OS/c1-2-26-17(13-8-4-3-5-9-13)24-25-18(26)28-12-16(27)23-15-11-7-6-10-14(15)19(20,21)22/h6-7,10-11,13H,2-5,8-9,12H2,1H3,(H,23,27). The van der Waals surface area contributed by atoms with E-state index in [1.807, 2.05) is 11.5 Å². The number of hydrogen-bond acceptors (Lipinski definition) is 4. The van der Waals surface area contributed by atoms with Crippen molar-refractivity contribution in [3.05, 3.63) is 35.7 Å². The molecule has 1 fully saturated rings. The number of anilines is 1. The second kappa shape index (κ2) is 8.98. The van der Waals surface area contributed by atoms with Gasteiger partial charge in [0, 0.05) is 12.5 Å². The van der Waals surface area contributed by atoms with E-state index in [2.05, 4.69) is 15.5 Å². The number of carbonyl (C=O) groups is 1. The minimum Gasteiger partial charge on any atom is -0.325 e. The fraction of sp³-hybridized carbons (Fsp3) is 0.526. The van der Waals surface area contributed by atoms with E-state index in [4.69, 9.17) is 0 Å². The Bertz CT molecular complexity index is 816. The maximum atomic E-state index is 13.0. The summed E-state index contributed by atoms with van der Waals surface area (Å²) in [5.41, 5.74) is -1.09. The van der Waals surface area contributed by atoms with Gasteiger partial charge < -0.3 is 9.88 Å². The van der Waals surface area contributed by atoms with Gasteiger partial charge in [0.25, 0.3) is 0 Å². The summed E-state index contributed by atoms with van der Waals surface area (Å²) in [5.74, 6) is 0.803. The van der Waals surface area contributed by atoms with Crippen molar-refractivity contribution in [1.29, 1.82) is 0 Å². The lowest BCUT2D eigenvalue weighted by Crippen LogP contribution is -2.18. The van der Waals surface area contributed by atoms with E-state index in [0.29, 0.717) is 17.6 Å². The zero-order valence-electron chi connectivity index (χ0n) is 15.6. The molecule has 1 heterocycles. The minimum absolute atomic E-state index is 0.0327. The Kier molecular flexibility index (Phi) is 6.64. The minimum atomic E-state index is -4.52. The number of nitrogens with one attached hydrogen (secondary N) is 1. The van der Waals surface area contributed by atoms with Gasteiger partial charge in [-0.1, -0.05) is 43.2 Å². The number of para-hydroxylation sites is 1. The molecule has 152 valence electrons. The van der Waals surface area contributed by atoms with Crippen molar-refractivity contribution in [3.8, 4) is 0 Å². The third kappa shape index (κ3) is 4.87. The van der Waals surface area contributed by atoms with Crippen LogP contribution >= 0.6 is 11.8 Å². The number of alkyl halides is 3. The van der Waals surface area contributed by atoms with Crippen LogP contribution in [0.2, 0.25) is 0 Å². The number of rotatable bonds is 6. The Morgan fingerprint density at radius 1 is 1.21 bits per heavy atom. The monoisotopic (exact) mass is 412 g/mol. The number of nitrogens with zero attached hydrogens (tertiary/aromatic N) is 3. The molecule has 9 heteroatoms. The summed E-state index contributed by atoms with van der Waals surface area (Å²) in [5, 5.41) is 11.5. The molecular weight excluding hydrogens is 389 g/mol. The lowest BCUT2D eigenvalue weighted by atomic mass is 9.89. The number of thioether (sulfide) groups is 1. The molecule has 1 amide bonds. The number of amides is 1. The van der Waals surface area contributed by atoms with Crippen LogP contribution in [0.4, 0.5) is 18.9 Å². The molecule has 28 heavy (non-hydrogen) atoms. The third-order valence-corrected chi connectivity index (χ3v) is 5.84. The Balaban J connectivity index is 1.65. The van der Waals surface area contributed by atoms with Crippen molar-refractivity contribution < 1.29 is 18.0 Å². The molecule has 1 aliphatic carbocycles. The molecule has 2 aromatic rings. The van der Waals surface area contributed by atoms with Gasteiger partial charge in [0.2, 0.25) is 5.91 Å². The van der Waals surface area contributed by atoms with Gasteiger partial charge in [0.05, 0.1) is 17.0 Å². The third-order valence-electron chi connectivity index (χ3n) is 4.87. The molecule has 0 unspecified atom stereocenters. The molecule has 0 atom stereocenters. The van der Waals surface area contributed by atoms with Crippen LogP contribution < -0.4 is 5.32 Å². The van der Waals surface area contributed by atoms with Crippen LogP contribution in [0.1, 0.15) is 56.3 Å². The Hall–Kier alpha value is -2.03. The summed E-state index contributed by atoms with van der Waals surface area (Å²) in [4.78, 5) is 12.2. The van der Waals surface area contributed by atoms with E-state index >= 15 is 0 Å². The highest BCUT2D eigenvalue weighted by Gasteiger charge is 2.33. The highest BCUT2D eigenvalue weighted by molar-refractivity contribution is 7.99. The molecule has 1 aromatic heterocycles. The molecule has 0 bridgehead atoms. The molecule has 0 radical (unpaired) electrons. The zero-order valence-corrected chi connectivity index (χ0v) is 16.4. The molecule has 0 saturated heterocycles. The van der Waals surface area contributed by atoms with Crippen LogP contribution in [0.25, 0.3) is 0 Å². The maximum Gasteiger partial charge on any atom is 0.418 e. The summed E-state index contributed by atoms with van der Waals surface area (Å²) >= 11 is 1.19. The average molecular weight is 412 g/mol. The van der Waals surface area contributed by atoms with Crippen molar-refractivity contribution >= 4 is 23.4 Å². The topological polar surface area (TPSA) is 59.8 Å². The zero-order chi connectivity index (χ0) is 20.1. The van der Waals surface area contributed by atoms with E-state index in [1.165, 1.54) is 49.2 Å². The van der Waals surface area contributed by atoms with Crippen molar-refractivity contribution in [1.82, 2.24) is 14.8 Å². The first kappa shape index (κ1) is 20.7. The average Bonchev–Trinajstić information content (AvgIpc) is 3.09. The van der Waals surface area contributed by atoms with Crippen LogP contribution in [-0.4, -0.2) is 26.4 Å². The Labute approximate surface area is 166 Å². The van der Waals surface area contributed by atoms with Crippen LogP contribution in [-0.2, 0) is 17.5 Å². The second-order valence-corrected chi connectivity index (χ2v) is 7.74. The number of aromatic nitrogens is 3. The van der Waals surface area contributed by atoms with Gasteiger partial charge in [0.15, 0.2) is 5.16 Å².